The van der Waals surface area contributed by atoms with E-state index in [0.29, 0.717) is 4.64 Å². The van der Waals surface area contributed by atoms with Crippen LogP contribution in [-0.2, 0) is 13.5 Å². The Morgan fingerprint density at radius 1 is 1.29 bits per heavy atom. The molecule has 88 valence electrons. The van der Waals surface area contributed by atoms with Crippen molar-refractivity contribution < 1.29 is 0 Å². The fourth-order valence-corrected chi connectivity index (χ4v) is 1.94. The van der Waals surface area contributed by atoms with Crippen molar-refractivity contribution in [3.63, 3.8) is 0 Å². The number of aromatic amines is 1. The van der Waals surface area contributed by atoms with Gasteiger partial charge in [-0.3, -0.25) is 9.55 Å². The largest absolute Gasteiger partial charge is 0.326 e. The Morgan fingerprint density at radius 3 is 2.53 bits per heavy atom. The molecule has 2 rings (SSSR count). The van der Waals surface area contributed by atoms with E-state index in [2.05, 4.69) is 24.0 Å². The highest BCUT2D eigenvalue weighted by molar-refractivity contribution is 7.71. The lowest BCUT2D eigenvalue weighted by atomic mass is 10.1. The molecule has 2 aromatic rings. The van der Waals surface area contributed by atoms with E-state index in [0.717, 1.165) is 17.7 Å². The average Bonchev–Trinajstić information content (AvgIpc) is 2.34. The van der Waals surface area contributed by atoms with Gasteiger partial charge < -0.3 is 0 Å². The lowest BCUT2D eigenvalue weighted by Gasteiger charge is -2.08. The maximum Gasteiger partial charge on any atom is 0.326 e. The van der Waals surface area contributed by atoms with E-state index < -0.39 is 0 Å². The van der Waals surface area contributed by atoms with Gasteiger partial charge in [-0.2, -0.15) is 0 Å². The summed E-state index contributed by atoms with van der Waals surface area (Å²) in [6, 6.07) is 9.97. The van der Waals surface area contributed by atoms with Crippen molar-refractivity contribution >= 4 is 12.2 Å². The molecule has 0 unspecified atom stereocenters. The lowest BCUT2D eigenvalue weighted by Crippen LogP contribution is -2.21. The fraction of sp³-hybridized carbons (Fsp3) is 0.231. The predicted molar refractivity (Wildman–Crippen MR) is 71.7 cm³/mol. The molecule has 1 aromatic carbocycles. The van der Waals surface area contributed by atoms with Gasteiger partial charge in [-0.15, -0.1) is 0 Å². The summed E-state index contributed by atoms with van der Waals surface area (Å²) in [4.78, 5) is 14.2. The summed E-state index contributed by atoms with van der Waals surface area (Å²) in [5.41, 5.74) is 2.93. The summed E-state index contributed by atoms with van der Waals surface area (Å²) in [6.45, 7) is 2.11. The molecule has 0 fully saturated rings. The molecule has 17 heavy (non-hydrogen) atoms. The van der Waals surface area contributed by atoms with E-state index in [1.807, 2.05) is 12.1 Å². The van der Waals surface area contributed by atoms with Crippen molar-refractivity contribution in [2.45, 2.75) is 13.3 Å². The van der Waals surface area contributed by atoms with E-state index in [1.165, 1.54) is 5.56 Å². The Labute approximate surface area is 105 Å². The first kappa shape index (κ1) is 11.8. The van der Waals surface area contributed by atoms with Gasteiger partial charge in [0.05, 0.1) is 5.69 Å². The van der Waals surface area contributed by atoms with Crippen molar-refractivity contribution in [2.75, 3.05) is 0 Å². The third-order valence-electron chi connectivity index (χ3n) is 2.82. The smallest absolute Gasteiger partial charge is 0.298 e. The van der Waals surface area contributed by atoms with Crippen LogP contribution in [-0.4, -0.2) is 9.55 Å². The molecule has 0 amide bonds. The highest BCUT2D eigenvalue weighted by atomic mass is 32.1. The molecule has 1 heterocycles. The summed E-state index contributed by atoms with van der Waals surface area (Å²) in [6.07, 6.45) is 1.01. The Hall–Kier alpha value is -1.68. The summed E-state index contributed by atoms with van der Waals surface area (Å²) in [5, 5.41) is 0. The number of aryl methyl sites for hydroxylation is 1. The Morgan fingerprint density at radius 2 is 1.94 bits per heavy atom. The highest BCUT2D eigenvalue weighted by Crippen LogP contribution is 2.17. The summed E-state index contributed by atoms with van der Waals surface area (Å²) in [5.74, 6) is 0. The third-order valence-corrected chi connectivity index (χ3v) is 3.04. The number of hydrogen-bond donors (Lipinski definition) is 1. The van der Waals surface area contributed by atoms with Gasteiger partial charge in [-0.05, 0) is 23.6 Å². The van der Waals surface area contributed by atoms with Crippen LogP contribution in [0.1, 0.15) is 12.5 Å². The zero-order chi connectivity index (χ0) is 12.4. The quantitative estimate of drug-likeness (QED) is 0.827. The molecule has 0 bridgehead atoms. The number of benzene rings is 1. The highest BCUT2D eigenvalue weighted by Gasteiger charge is 2.03. The minimum absolute atomic E-state index is 0.188. The molecule has 0 spiro atoms. The molecule has 0 saturated heterocycles. The molecule has 0 aliphatic rings. The molecule has 0 aliphatic heterocycles. The van der Waals surface area contributed by atoms with Gasteiger partial charge in [0.2, 0.25) is 0 Å². The van der Waals surface area contributed by atoms with Gasteiger partial charge in [0, 0.05) is 7.05 Å². The third kappa shape index (κ3) is 2.36. The minimum atomic E-state index is -0.188. The fourth-order valence-electron chi connectivity index (χ4n) is 1.74. The van der Waals surface area contributed by atoms with Gasteiger partial charge in [0.1, 0.15) is 4.64 Å². The summed E-state index contributed by atoms with van der Waals surface area (Å²) in [7, 11) is 1.73. The number of hydrogen-bond acceptors (Lipinski definition) is 2. The Bertz CT molecular complexity index is 638. The second-order valence-electron chi connectivity index (χ2n) is 3.93. The summed E-state index contributed by atoms with van der Waals surface area (Å²) >= 11 is 5.03. The van der Waals surface area contributed by atoms with E-state index >= 15 is 0 Å². The maximum atomic E-state index is 11.6. The van der Waals surface area contributed by atoms with Crippen LogP contribution >= 0.6 is 12.2 Å². The van der Waals surface area contributed by atoms with Crippen molar-refractivity contribution in [2.24, 2.45) is 7.05 Å². The first-order valence-corrected chi connectivity index (χ1v) is 5.92. The van der Waals surface area contributed by atoms with E-state index in [-0.39, 0.29) is 5.69 Å². The van der Waals surface area contributed by atoms with Gasteiger partial charge in [-0.1, -0.05) is 43.4 Å². The predicted octanol–water partition coefficient (Wildman–Crippen LogP) is 2.67. The molecular formula is C13H14N2OS. The molecule has 1 aromatic heterocycles. The number of rotatable bonds is 2. The van der Waals surface area contributed by atoms with Crippen LogP contribution in [0, 0.1) is 4.64 Å². The van der Waals surface area contributed by atoms with Crippen LogP contribution < -0.4 is 5.69 Å². The van der Waals surface area contributed by atoms with E-state index in [1.54, 1.807) is 17.7 Å². The minimum Gasteiger partial charge on any atom is -0.298 e. The van der Waals surface area contributed by atoms with Crippen molar-refractivity contribution in [1.29, 1.82) is 0 Å². The topological polar surface area (TPSA) is 37.8 Å². The SMILES string of the molecule is CCc1ccc(-c2cc(=S)[nH]c(=O)n2C)cc1. The molecule has 1 N–H and O–H groups in total. The van der Waals surface area contributed by atoms with Gasteiger partial charge in [-0.25, -0.2) is 4.79 Å². The van der Waals surface area contributed by atoms with Crippen LogP contribution in [0.4, 0.5) is 0 Å². The van der Waals surface area contributed by atoms with Crippen LogP contribution in [0.5, 0.6) is 0 Å². The Kier molecular flexibility index (Phi) is 3.24. The van der Waals surface area contributed by atoms with E-state index in [9.17, 15) is 4.79 Å². The molecule has 0 atom stereocenters. The van der Waals surface area contributed by atoms with Crippen LogP contribution in [0.25, 0.3) is 11.3 Å². The Balaban J connectivity index is 2.60. The average molecular weight is 246 g/mol. The molecule has 0 saturated carbocycles. The molecule has 4 heteroatoms. The number of aromatic nitrogens is 2. The molecular weight excluding hydrogens is 232 g/mol. The molecule has 3 nitrogen and oxygen atoms in total. The van der Waals surface area contributed by atoms with E-state index in [4.69, 9.17) is 12.2 Å². The lowest BCUT2D eigenvalue weighted by molar-refractivity contribution is 0.816. The second-order valence-corrected chi connectivity index (χ2v) is 4.37. The van der Waals surface area contributed by atoms with Crippen molar-refractivity contribution in [3.05, 3.63) is 51.0 Å². The zero-order valence-electron chi connectivity index (χ0n) is 9.86. The maximum absolute atomic E-state index is 11.6. The molecule has 0 radical (unpaired) electrons. The normalized spacial score (nSPS) is 10.5. The van der Waals surface area contributed by atoms with Crippen molar-refractivity contribution in [1.82, 2.24) is 9.55 Å². The first-order valence-electron chi connectivity index (χ1n) is 5.51. The summed E-state index contributed by atoms with van der Waals surface area (Å²) < 4.78 is 2.03. The standard InChI is InChI=1S/C13H14N2OS/c1-3-9-4-6-10(7-5-9)11-8-12(17)14-13(16)15(11)2/h4-8H,3H2,1-2H3,(H,14,16,17). The number of nitrogens with one attached hydrogen (secondary N) is 1. The first-order chi connectivity index (χ1) is 8.11. The molecule has 0 aliphatic carbocycles. The number of H-pyrrole nitrogens is 1. The van der Waals surface area contributed by atoms with Crippen molar-refractivity contribution in [3.8, 4) is 11.3 Å². The van der Waals surface area contributed by atoms with Crippen LogP contribution in [0.3, 0.4) is 0 Å². The monoisotopic (exact) mass is 246 g/mol. The van der Waals surface area contributed by atoms with Crippen LogP contribution in [0.15, 0.2) is 35.1 Å². The zero-order valence-corrected chi connectivity index (χ0v) is 10.7. The van der Waals surface area contributed by atoms with Gasteiger partial charge in [0.15, 0.2) is 0 Å². The van der Waals surface area contributed by atoms with Gasteiger partial charge >= 0.3 is 5.69 Å². The van der Waals surface area contributed by atoms with Gasteiger partial charge in [0.25, 0.3) is 0 Å². The number of nitrogens with zero attached hydrogens (tertiary/aromatic N) is 1. The second kappa shape index (κ2) is 4.67. The van der Waals surface area contributed by atoms with Crippen LogP contribution in [0.2, 0.25) is 0 Å².